The van der Waals surface area contributed by atoms with E-state index in [4.69, 9.17) is 10.5 Å². The van der Waals surface area contributed by atoms with Crippen LogP contribution in [0.3, 0.4) is 0 Å². The molecule has 4 rings (SSSR count). The summed E-state index contributed by atoms with van der Waals surface area (Å²) in [5.74, 6) is 0.435. The number of fused-ring (bicyclic) bond motifs is 1. The van der Waals surface area contributed by atoms with Gasteiger partial charge in [-0.3, -0.25) is 4.79 Å². The molecule has 0 saturated carbocycles. The molecule has 4 aromatic rings. The normalized spacial score (nSPS) is 11.0. The Labute approximate surface area is 170 Å². The highest BCUT2D eigenvalue weighted by Crippen LogP contribution is 2.32. The highest BCUT2D eigenvalue weighted by atomic mass is 16.5. The maximum absolute atomic E-state index is 11.7. The molecule has 0 aliphatic carbocycles. The van der Waals surface area contributed by atoms with Gasteiger partial charge >= 0.3 is 0 Å². The summed E-state index contributed by atoms with van der Waals surface area (Å²) in [6.07, 6.45) is 0.211. The maximum Gasteiger partial charge on any atom is 0.221 e. The lowest BCUT2D eigenvalue weighted by Crippen LogP contribution is -2.14. The van der Waals surface area contributed by atoms with Crippen molar-refractivity contribution in [3.63, 3.8) is 0 Å². The highest BCUT2D eigenvalue weighted by molar-refractivity contribution is 5.91. The molecule has 2 N–H and O–H groups in total. The number of rotatable bonds is 6. The minimum atomic E-state index is -0.334. The molecule has 4 heteroatoms. The van der Waals surface area contributed by atoms with Gasteiger partial charge in [-0.1, -0.05) is 54.6 Å². The largest absolute Gasteiger partial charge is 0.497 e. The standard InChI is InChI=1S/C25H24N2O2/c1-17-22(15-25(26)28)23-14-20(29-2)12-13-24(23)27(17)16-19-10-6-7-11-21(19)18-8-4-3-5-9-18/h3-14H,15-16H2,1-2H3,(H2,26,28). The van der Waals surface area contributed by atoms with E-state index in [-0.39, 0.29) is 12.3 Å². The number of benzene rings is 3. The van der Waals surface area contributed by atoms with E-state index in [9.17, 15) is 4.79 Å². The van der Waals surface area contributed by atoms with Crippen molar-refractivity contribution in [2.24, 2.45) is 5.73 Å². The molecule has 3 aromatic carbocycles. The van der Waals surface area contributed by atoms with Crippen LogP contribution in [0.1, 0.15) is 16.8 Å². The van der Waals surface area contributed by atoms with Gasteiger partial charge in [-0.05, 0) is 47.4 Å². The molecule has 0 unspecified atom stereocenters. The van der Waals surface area contributed by atoms with Crippen LogP contribution in [-0.2, 0) is 17.8 Å². The first kappa shape index (κ1) is 18.8. The predicted molar refractivity (Wildman–Crippen MR) is 117 cm³/mol. The van der Waals surface area contributed by atoms with E-state index in [1.807, 2.05) is 18.2 Å². The third-order valence-electron chi connectivity index (χ3n) is 5.44. The summed E-state index contributed by atoms with van der Waals surface area (Å²) >= 11 is 0. The summed E-state index contributed by atoms with van der Waals surface area (Å²) in [5, 5.41) is 1.01. The molecule has 1 amide bonds. The number of carbonyl (C=O) groups excluding carboxylic acids is 1. The van der Waals surface area contributed by atoms with Gasteiger partial charge in [0.2, 0.25) is 5.91 Å². The number of nitrogens with zero attached hydrogens (tertiary/aromatic N) is 1. The zero-order valence-corrected chi connectivity index (χ0v) is 16.7. The first-order valence-corrected chi connectivity index (χ1v) is 9.66. The SMILES string of the molecule is COc1ccc2c(c1)c(CC(N)=O)c(C)n2Cc1ccccc1-c1ccccc1. The van der Waals surface area contributed by atoms with Crippen molar-refractivity contribution in [2.45, 2.75) is 19.9 Å². The number of nitrogens with two attached hydrogens (primary N) is 1. The fourth-order valence-corrected chi connectivity index (χ4v) is 3.99. The zero-order valence-electron chi connectivity index (χ0n) is 16.7. The molecule has 0 saturated heterocycles. The van der Waals surface area contributed by atoms with E-state index in [0.717, 1.165) is 27.9 Å². The Hall–Kier alpha value is -3.53. The third kappa shape index (κ3) is 3.61. The molecular formula is C25H24N2O2. The first-order chi connectivity index (χ1) is 14.1. The lowest BCUT2D eigenvalue weighted by molar-refractivity contribution is -0.117. The number of hydrogen-bond acceptors (Lipinski definition) is 2. The van der Waals surface area contributed by atoms with Crippen LogP contribution < -0.4 is 10.5 Å². The van der Waals surface area contributed by atoms with E-state index in [1.54, 1.807) is 7.11 Å². The number of primary amides is 1. The average molecular weight is 384 g/mol. The van der Waals surface area contributed by atoms with Gasteiger partial charge in [0.25, 0.3) is 0 Å². The van der Waals surface area contributed by atoms with Crippen LogP contribution >= 0.6 is 0 Å². The van der Waals surface area contributed by atoms with E-state index in [1.165, 1.54) is 16.7 Å². The van der Waals surface area contributed by atoms with Crippen LogP contribution in [0, 0.1) is 6.92 Å². The molecule has 1 aromatic heterocycles. The van der Waals surface area contributed by atoms with E-state index >= 15 is 0 Å². The maximum atomic E-state index is 11.7. The number of aromatic nitrogens is 1. The van der Waals surface area contributed by atoms with E-state index < -0.39 is 0 Å². The first-order valence-electron chi connectivity index (χ1n) is 9.66. The Morgan fingerprint density at radius 1 is 1.00 bits per heavy atom. The van der Waals surface area contributed by atoms with Crippen LogP contribution in [0.15, 0.2) is 72.8 Å². The van der Waals surface area contributed by atoms with Gasteiger partial charge in [0.05, 0.1) is 13.5 Å². The summed E-state index contributed by atoms with van der Waals surface area (Å²) in [6, 6.07) is 24.8. The molecule has 0 aliphatic rings. The molecule has 0 aliphatic heterocycles. The Kier molecular flexibility index (Phi) is 5.09. The average Bonchev–Trinajstić information content (AvgIpc) is 2.99. The quantitative estimate of drug-likeness (QED) is 0.524. The molecular weight excluding hydrogens is 360 g/mol. The van der Waals surface area contributed by atoms with Crippen molar-refractivity contribution < 1.29 is 9.53 Å². The Morgan fingerprint density at radius 2 is 1.72 bits per heavy atom. The fourth-order valence-electron chi connectivity index (χ4n) is 3.99. The van der Waals surface area contributed by atoms with Crippen molar-refractivity contribution in [3.8, 4) is 16.9 Å². The van der Waals surface area contributed by atoms with Gasteiger partial charge in [-0.2, -0.15) is 0 Å². The monoisotopic (exact) mass is 384 g/mol. The van der Waals surface area contributed by atoms with Crippen LogP contribution in [0.4, 0.5) is 0 Å². The van der Waals surface area contributed by atoms with Gasteiger partial charge in [-0.15, -0.1) is 0 Å². The molecule has 146 valence electrons. The van der Waals surface area contributed by atoms with Crippen molar-refractivity contribution in [2.75, 3.05) is 7.11 Å². The molecule has 1 heterocycles. The molecule has 29 heavy (non-hydrogen) atoms. The van der Waals surface area contributed by atoms with Gasteiger partial charge in [-0.25, -0.2) is 0 Å². The smallest absolute Gasteiger partial charge is 0.221 e. The lowest BCUT2D eigenvalue weighted by atomic mass is 9.99. The van der Waals surface area contributed by atoms with Crippen LogP contribution in [0.25, 0.3) is 22.0 Å². The minimum Gasteiger partial charge on any atom is -0.497 e. The van der Waals surface area contributed by atoms with Crippen LogP contribution in [-0.4, -0.2) is 17.6 Å². The predicted octanol–water partition coefficient (Wildman–Crippen LogP) is 4.70. The van der Waals surface area contributed by atoms with Gasteiger partial charge in [0.15, 0.2) is 0 Å². The Morgan fingerprint density at radius 3 is 2.45 bits per heavy atom. The summed E-state index contributed by atoms with van der Waals surface area (Å²) in [6.45, 7) is 2.76. The van der Waals surface area contributed by atoms with Gasteiger partial charge in [0, 0.05) is 23.1 Å². The number of ether oxygens (including phenoxy) is 1. The van der Waals surface area contributed by atoms with Gasteiger partial charge < -0.3 is 15.0 Å². The van der Waals surface area contributed by atoms with Crippen molar-refractivity contribution >= 4 is 16.8 Å². The van der Waals surface area contributed by atoms with E-state index in [2.05, 4.69) is 66.1 Å². The van der Waals surface area contributed by atoms with Crippen LogP contribution in [0.5, 0.6) is 5.75 Å². The second-order valence-corrected chi connectivity index (χ2v) is 7.20. The minimum absolute atomic E-state index is 0.211. The van der Waals surface area contributed by atoms with Crippen molar-refractivity contribution in [1.29, 1.82) is 0 Å². The third-order valence-corrected chi connectivity index (χ3v) is 5.44. The summed E-state index contributed by atoms with van der Waals surface area (Å²) in [4.78, 5) is 11.7. The number of methoxy groups -OCH3 is 1. The summed E-state index contributed by atoms with van der Waals surface area (Å²) in [5.41, 5.74) is 12.2. The molecule has 0 bridgehead atoms. The second-order valence-electron chi connectivity index (χ2n) is 7.20. The van der Waals surface area contributed by atoms with Crippen molar-refractivity contribution in [1.82, 2.24) is 4.57 Å². The van der Waals surface area contributed by atoms with Crippen molar-refractivity contribution in [3.05, 3.63) is 89.6 Å². The molecule has 0 atom stereocenters. The van der Waals surface area contributed by atoms with Crippen LogP contribution in [0.2, 0.25) is 0 Å². The summed E-state index contributed by atoms with van der Waals surface area (Å²) < 4.78 is 7.66. The Bertz CT molecular complexity index is 1180. The molecule has 0 radical (unpaired) electrons. The molecule has 0 spiro atoms. The number of hydrogen-bond donors (Lipinski definition) is 1. The number of carbonyl (C=O) groups is 1. The Balaban J connectivity index is 1.86. The van der Waals surface area contributed by atoms with Gasteiger partial charge in [0.1, 0.15) is 5.75 Å². The zero-order chi connectivity index (χ0) is 20.4. The topological polar surface area (TPSA) is 57.2 Å². The fraction of sp³-hybridized carbons (Fsp3) is 0.160. The summed E-state index contributed by atoms with van der Waals surface area (Å²) in [7, 11) is 1.65. The molecule has 4 nitrogen and oxygen atoms in total. The lowest BCUT2D eigenvalue weighted by Gasteiger charge is -2.14. The highest BCUT2D eigenvalue weighted by Gasteiger charge is 2.17. The number of amides is 1. The molecule has 0 fully saturated rings. The second kappa shape index (κ2) is 7.84. The van der Waals surface area contributed by atoms with E-state index in [0.29, 0.717) is 6.54 Å².